The van der Waals surface area contributed by atoms with E-state index in [9.17, 15) is 19.2 Å². The second-order valence-electron chi connectivity index (χ2n) is 8.83. The van der Waals surface area contributed by atoms with E-state index in [1.807, 2.05) is 4.90 Å². The van der Waals surface area contributed by atoms with Gasteiger partial charge < -0.3 is 16.0 Å². The second kappa shape index (κ2) is 10.2. The number of rotatable bonds is 6. The lowest BCUT2D eigenvalue weighted by atomic mass is 10.1. The van der Waals surface area contributed by atoms with Gasteiger partial charge in [0.1, 0.15) is 6.54 Å². The van der Waals surface area contributed by atoms with Crippen molar-refractivity contribution in [2.75, 3.05) is 23.3 Å². The number of hydrogen-bond acceptors (Lipinski definition) is 7. The average Bonchev–Trinajstić information content (AvgIpc) is 3.24. The highest BCUT2D eigenvalue weighted by Gasteiger charge is 2.26. The summed E-state index contributed by atoms with van der Waals surface area (Å²) < 4.78 is 3.82. The number of piperidine rings is 1. The number of nitrogens with two attached hydrogens (primary N) is 1. The smallest absolute Gasteiger partial charge is 0.332 e. The van der Waals surface area contributed by atoms with Gasteiger partial charge in [-0.1, -0.05) is 18.1 Å². The van der Waals surface area contributed by atoms with Gasteiger partial charge >= 0.3 is 5.69 Å². The third-order valence-electron chi connectivity index (χ3n) is 6.25. The molecule has 1 aliphatic heterocycles. The fourth-order valence-corrected chi connectivity index (χ4v) is 4.47. The lowest BCUT2D eigenvalue weighted by molar-refractivity contribution is -0.116. The third-order valence-corrected chi connectivity index (χ3v) is 6.25. The number of anilines is 2. The van der Waals surface area contributed by atoms with E-state index in [1.165, 1.54) is 18.5 Å². The maximum absolute atomic E-state index is 13.6. The van der Waals surface area contributed by atoms with Gasteiger partial charge in [-0.25, -0.2) is 9.36 Å². The summed E-state index contributed by atoms with van der Waals surface area (Å²) in [6.07, 6.45) is 1.79. The van der Waals surface area contributed by atoms with Gasteiger partial charge in [0.05, 0.1) is 12.2 Å². The number of imidazole rings is 1. The van der Waals surface area contributed by atoms with Gasteiger partial charge in [-0.15, -0.1) is 5.92 Å². The van der Waals surface area contributed by atoms with Gasteiger partial charge in [-0.3, -0.25) is 23.5 Å². The van der Waals surface area contributed by atoms with Crippen LogP contribution in [0, 0.1) is 11.8 Å². The van der Waals surface area contributed by atoms with Crippen LogP contribution in [-0.4, -0.2) is 49.5 Å². The number of carbonyl (C=O) groups is 2. The predicted molar refractivity (Wildman–Crippen MR) is 137 cm³/mol. The first-order valence-electron chi connectivity index (χ1n) is 11.7. The van der Waals surface area contributed by atoms with Gasteiger partial charge in [-0.05, 0) is 38.8 Å². The van der Waals surface area contributed by atoms with Crippen molar-refractivity contribution in [3.8, 4) is 11.8 Å². The van der Waals surface area contributed by atoms with Crippen LogP contribution in [-0.2, 0) is 24.9 Å². The molecule has 0 bridgehead atoms. The quantitative estimate of drug-likeness (QED) is 0.382. The van der Waals surface area contributed by atoms with Crippen LogP contribution in [0.1, 0.15) is 37.0 Å². The zero-order chi connectivity index (χ0) is 26.0. The summed E-state index contributed by atoms with van der Waals surface area (Å²) in [5.41, 5.74) is 5.91. The highest BCUT2D eigenvalue weighted by molar-refractivity contribution is 6.03. The Kier molecular flexibility index (Phi) is 7.07. The first-order valence-corrected chi connectivity index (χ1v) is 11.7. The minimum atomic E-state index is -0.671. The number of ketones is 1. The van der Waals surface area contributed by atoms with Crippen molar-refractivity contribution >= 4 is 34.5 Å². The van der Waals surface area contributed by atoms with Crippen LogP contribution in [0.25, 0.3) is 11.2 Å². The molecule has 1 unspecified atom stereocenters. The molecule has 36 heavy (non-hydrogen) atoms. The summed E-state index contributed by atoms with van der Waals surface area (Å²) in [5.74, 6) is 5.50. The fourth-order valence-electron chi connectivity index (χ4n) is 4.47. The van der Waals surface area contributed by atoms with E-state index >= 15 is 0 Å². The van der Waals surface area contributed by atoms with E-state index in [2.05, 4.69) is 22.1 Å². The second-order valence-corrected chi connectivity index (χ2v) is 8.83. The Hall–Kier alpha value is -4.17. The lowest BCUT2D eigenvalue weighted by Crippen LogP contribution is -2.44. The standard InChI is InChI=1S/C25H29N7O4/c1-4-5-13-31-21-22(28-24(31)30-12-8-9-17(26)14-30)29(3)25(36)32(23(21)35)15-20(34)27-19-11-7-6-10-18(19)16(2)33/h6-7,10-11,17H,8-9,12-15,26H2,1-3H3,(H,27,34). The number of aryl methyl sites for hydroxylation is 1. The Labute approximate surface area is 207 Å². The van der Waals surface area contributed by atoms with Gasteiger partial charge in [0.15, 0.2) is 16.9 Å². The predicted octanol–water partition coefficient (Wildman–Crippen LogP) is 0.689. The molecule has 3 N–H and O–H groups in total. The number of amides is 1. The lowest BCUT2D eigenvalue weighted by Gasteiger charge is -2.31. The monoisotopic (exact) mass is 491 g/mol. The minimum absolute atomic E-state index is 0.0219. The minimum Gasteiger partial charge on any atom is -0.341 e. The molecule has 11 nitrogen and oxygen atoms in total. The van der Waals surface area contributed by atoms with E-state index in [-0.39, 0.29) is 29.5 Å². The number of nitrogens with zero attached hydrogens (tertiary/aromatic N) is 5. The normalized spacial score (nSPS) is 15.4. The highest BCUT2D eigenvalue weighted by atomic mass is 16.2. The molecule has 4 rings (SSSR count). The van der Waals surface area contributed by atoms with Crippen LogP contribution >= 0.6 is 0 Å². The number of fused-ring (bicyclic) bond motifs is 1. The number of aromatic nitrogens is 4. The molecule has 0 spiro atoms. The molecule has 3 aromatic rings. The van der Waals surface area contributed by atoms with Crippen LogP contribution < -0.4 is 27.2 Å². The van der Waals surface area contributed by atoms with Crippen molar-refractivity contribution < 1.29 is 9.59 Å². The molecule has 3 heterocycles. The molecule has 1 aromatic carbocycles. The van der Waals surface area contributed by atoms with Gasteiger partial charge in [0.25, 0.3) is 5.56 Å². The summed E-state index contributed by atoms with van der Waals surface area (Å²) >= 11 is 0. The van der Waals surface area contributed by atoms with Crippen molar-refractivity contribution in [3.05, 3.63) is 50.7 Å². The third kappa shape index (κ3) is 4.67. The maximum Gasteiger partial charge on any atom is 0.332 e. The molecular formula is C25H29N7O4. The Balaban J connectivity index is 1.79. The summed E-state index contributed by atoms with van der Waals surface area (Å²) in [5, 5.41) is 2.64. The van der Waals surface area contributed by atoms with E-state index in [4.69, 9.17) is 5.73 Å². The first-order chi connectivity index (χ1) is 17.2. The largest absolute Gasteiger partial charge is 0.341 e. The number of carbonyl (C=O) groups excluding carboxylic acids is 2. The number of Topliss-reactive ketones (excluding diaryl/α,β-unsaturated/α-hetero) is 1. The zero-order valence-corrected chi connectivity index (χ0v) is 20.6. The zero-order valence-electron chi connectivity index (χ0n) is 20.6. The fraction of sp³-hybridized carbons (Fsp3) is 0.400. The van der Waals surface area contributed by atoms with Crippen LogP contribution in [0.2, 0.25) is 0 Å². The van der Waals surface area contributed by atoms with Crippen molar-refractivity contribution in [1.29, 1.82) is 0 Å². The maximum atomic E-state index is 13.6. The topological polar surface area (TPSA) is 137 Å². The van der Waals surface area contributed by atoms with Crippen molar-refractivity contribution in [3.63, 3.8) is 0 Å². The van der Waals surface area contributed by atoms with Gasteiger partial charge in [-0.2, -0.15) is 4.98 Å². The number of hydrogen-bond donors (Lipinski definition) is 2. The molecular weight excluding hydrogens is 462 g/mol. The molecule has 11 heteroatoms. The average molecular weight is 492 g/mol. The van der Waals surface area contributed by atoms with Crippen molar-refractivity contribution in [2.24, 2.45) is 12.8 Å². The molecule has 2 aromatic heterocycles. The Morgan fingerprint density at radius 1 is 1.22 bits per heavy atom. The molecule has 0 aliphatic carbocycles. The molecule has 1 atom stereocenters. The van der Waals surface area contributed by atoms with Crippen LogP contribution in [0.5, 0.6) is 0 Å². The molecule has 188 valence electrons. The Morgan fingerprint density at radius 2 is 1.97 bits per heavy atom. The summed E-state index contributed by atoms with van der Waals surface area (Å²) in [6, 6.07) is 6.53. The summed E-state index contributed by atoms with van der Waals surface area (Å²) in [4.78, 5) is 58.1. The molecule has 1 saturated heterocycles. The van der Waals surface area contributed by atoms with Crippen LogP contribution in [0.4, 0.5) is 11.6 Å². The Bertz CT molecular complexity index is 1520. The highest BCUT2D eigenvalue weighted by Crippen LogP contribution is 2.23. The van der Waals surface area contributed by atoms with Crippen LogP contribution in [0.15, 0.2) is 33.9 Å². The summed E-state index contributed by atoms with van der Waals surface area (Å²) in [6.45, 7) is 4.06. The SMILES string of the molecule is CC#CCn1c(N2CCCC(N)C2)nc2c1c(=O)n(CC(=O)Nc1ccccc1C(C)=O)c(=O)n2C. The molecule has 1 amide bonds. The Morgan fingerprint density at radius 3 is 2.67 bits per heavy atom. The van der Waals surface area contributed by atoms with Crippen molar-refractivity contribution in [1.82, 2.24) is 18.7 Å². The molecule has 0 saturated carbocycles. The molecule has 1 aliphatic rings. The first kappa shape index (κ1) is 24.9. The van der Waals surface area contributed by atoms with Gasteiger partial charge in [0.2, 0.25) is 11.9 Å². The van der Waals surface area contributed by atoms with Crippen molar-refractivity contribution in [2.45, 2.75) is 45.8 Å². The number of para-hydroxylation sites is 1. The summed E-state index contributed by atoms with van der Waals surface area (Å²) in [7, 11) is 1.51. The molecule has 0 radical (unpaired) electrons. The van der Waals surface area contributed by atoms with E-state index in [0.29, 0.717) is 23.7 Å². The number of benzene rings is 1. The number of nitrogens with one attached hydrogen (secondary N) is 1. The van der Waals surface area contributed by atoms with E-state index in [0.717, 1.165) is 24.0 Å². The molecule has 1 fully saturated rings. The van der Waals surface area contributed by atoms with E-state index in [1.54, 1.807) is 35.8 Å². The van der Waals surface area contributed by atoms with E-state index < -0.39 is 23.7 Å². The van der Waals surface area contributed by atoms with Gasteiger partial charge in [0, 0.05) is 31.7 Å². The van der Waals surface area contributed by atoms with Crippen LogP contribution in [0.3, 0.4) is 0 Å².